The van der Waals surface area contributed by atoms with Crippen molar-refractivity contribution in [2.45, 2.75) is 75.8 Å². The number of sulfonamides is 1. The highest BCUT2D eigenvalue weighted by Gasteiger charge is 2.42. The Balaban J connectivity index is 1.56. The normalized spacial score (nSPS) is 22.3. The van der Waals surface area contributed by atoms with Crippen LogP contribution >= 0.6 is 0 Å². The maximum atomic E-state index is 14.5. The van der Waals surface area contributed by atoms with E-state index in [1.165, 1.54) is 22.9 Å². The Morgan fingerprint density at radius 1 is 1.00 bits per heavy atom. The molecule has 3 aliphatic rings. The smallest absolute Gasteiger partial charge is 0.338 e. The lowest BCUT2D eigenvalue weighted by Gasteiger charge is -2.42. The standard InChI is InChI=1S/C34H39FN2O5S/c1-34(2)19-25(20-34)42-31-18-29-32(17-26(31)23-14-15-28(35)27(16-23)33(38)39)43(40,41)36(3)30(22-10-6-4-7-11-22)21-37(29)24-12-8-5-9-13-24/h5,8-9,12-18,22,25,30H,4,6-7,10-11,19-21H2,1-3H3,(H,38,39)/t30-/m0/s1. The van der Waals surface area contributed by atoms with Gasteiger partial charge in [-0.25, -0.2) is 17.6 Å². The fourth-order valence-electron chi connectivity index (χ4n) is 7.13. The quantitative estimate of drug-likeness (QED) is 0.313. The molecule has 9 heteroatoms. The summed E-state index contributed by atoms with van der Waals surface area (Å²) in [7, 11) is -2.30. The molecule has 43 heavy (non-hydrogen) atoms. The highest BCUT2D eigenvalue weighted by Crippen LogP contribution is 2.48. The first-order valence-electron chi connectivity index (χ1n) is 15.1. The molecule has 0 unspecified atom stereocenters. The van der Waals surface area contributed by atoms with Gasteiger partial charge in [-0.15, -0.1) is 0 Å². The summed E-state index contributed by atoms with van der Waals surface area (Å²) in [6.45, 7) is 4.84. The number of para-hydroxylation sites is 1. The summed E-state index contributed by atoms with van der Waals surface area (Å²) in [5.41, 5.74) is 1.87. The van der Waals surface area contributed by atoms with Gasteiger partial charge in [0.05, 0.1) is 17.4 Å². The van der Waals surface area contributed by atoms with Crippen LogP contribution in [0, 0.1) is 17.2 Å². The Labute approximate surface area is 253 Å². The van der Waals surface area contributed by atoms with E-state index in [1.807, 2.05) is 30.3 Å². The van der Waals surface area contributed by atoms with Crippen molar-refractivity contribution >= 4 is 27.4 Å². The molecule has 1 heterocycles. The molecule has 0 amide bonds. The molecule has 1 atom stereocenters. The summed E-state index contributed by atoms with van der Waals surface area (Å²) in [6, 6.07) is 16.8. The van der Waals surface area contributed by atoms with Crippen molar-refractivity contribution < 1.29 is 27.4 Å². The van der Waals surface area contributed by atoms with Gasteiger partial charge in [0.1, 0.15) is 16.5 Å². The highest BCUT2D eigenvalue weighted by molar-refractivity contribution is 7.89. The molecule has 1 N–H and O–H groups in total. The lowest BCUT2D eigenvalue weighted by molar-refractivity contribution is 0.0109. The van der Waals surface area contributed by atoms with E-state index in [0.717, 1.165) is 50.3 Å². The number of anilines is 2. The number of hydrogen-bond donors (Lipinski definition) is 1. The van der Waals surface area contributed by atoms with Crippen molar-refractivity contribution in [3.63, 3.8) is 0 Å². The Kier molecular flexibility index (Phi) is 7.75. The zero-order valence-electron chi connectivity index (χ0n) is 24.9. The highest BCUT2D eigenvalue weighted by atomic mass is 32.2. The molecule has 228 valence electrons. The summed E-state index contributed by atoms with van der Waals surface area (Å²) >= 11 is 0. The van der Waals surface area contributed by atoms with Crippen LogP contribution in [-0.4, -0.2) is 49.5 Å². The summed E-state index contributed by atoms with van der Waals surface area (Å²) in [5.74, 6) is -1.56. The maximum absolute atomic E-state index is 14.5. The first kappa shape index (κ1) is 29.6. The zero-order chi connectivity index (χ0) is 30.5. The van der Waals surface area contributed by atoms with Crippen LogP contribution in [0.5, 0.6) is 5.75 Å². The summed E-state index contributed by atoms with van der Waals surface area (Å²) in [4.78, 5) is 14.0. The molecule has 2 saturated carbocycles. The van der Waals surface area contributed by atoms with Crippen LogP contribution in [0.2, 0.25) is 0 Å². The fourth-order valence-corrected chi connectivity index (χ4v) is 8.74. The number of ether oxygens (including phenoxy) is 1. The number of hydrogen-bond acceptors (Lipinski definition) is 5. The first-order chi connectivity index (χ1) is 20.4. The number of carboxylic acid groups (broad SMARTS) is 1. The summed E-state index contributed by atoms with van der Waals surface area (Å²) < 4.78 is 51.4. The molecule has 6 rings (SSSR count). The molecule has 2 fully saturated rings. The van der Waals surface area contributed by atoms with E-state index < -0.39 is 27.4 Å². The van der Waals surface area contributed by atoms with Gasteiger partial charge in [-0.05, 0) is 72.9 Å². The van der Waals surface area contributed by atoms with Crippen molar-refractivity contribution in [2.24, 2.45) is 11.3 Å². The number of rotatable bonds is 6. The van der Waals surface area contributed by atoms with Crippen molar-refractivity contribution in [1.29, 1.82) is 0 Å². The van der Waals surface area contributed by atoms with Gasteiger partial charge in [-0.3, -0.25) is 0 Å². The molecule has 0 saturated heterocycles. The number of carbonyl (C=O) groups is 1. The van der Waals surface area contributed by atoms with Gasteiger partial charge in [-0.2, -0.15) is 4.31 Å². The number of likely N-dealkylation sites (N-methyl/N-ethyl adjacent to an activating group) is 1. The van der Waals surface area contributed by atoms with Crippen LogP contribution in [0.3, 0.4) is 0 Å². The van der Waals surface area contributed by atoms with E-state index in [0.29, 0.717) is 29.1 Å². The molecule has 2 aliphatic carbocycles. The Bertz CT molecular complexity index is 1630. The van der Waals surface area contributed by atoms with Crippen LogP contribution in [0.25, 0.3) is 11.1 Å². The summed E-state index contributed by atoms with van der Waals surface area (Å²) in [6.07, 6.45) is 6.90. The Morgan fingerprint density at radius 3 is 2.35 bits per heavy atom. The minimum Gasteiger partial charge on any atom is -0.490 e. The van der Waals surface area contributed by atoms with Gasteiger partial charge in [-0.1, -0.05) is 57.4 Å². The second kappa shape index (κ2) is 11.2. The SMILES string of the molecule is CN1[C@H](C2CCCCC2)CN(c2ccccc2)c2cc(OC3CC(C)(C)C3)c(-c3ccc(F)c(C(=O)O)c3)cc2S1(=O)=O. The topological polar surface area (TPSA) is 87.2 Å². The van der Waals surface area contributed by atoms with Gasteiger partial charge < -0.3 is 14.7 Å². The number of carboxylic acids is 1. The van der Waals surface area contributed by atoms with E-state index in [1.54, 1.807) is 19.2 Å². The van der Waals surface area contributed by atoms with Gasteiger partial charge in [0.15, 0.2) is 0 Å². The second-order valence-corrected chi connectivity index (χ2v) is 15.0. The molecule has 7 nitrogen and oxygen atoms in total. The van der Waals surface area contributed by atoms with Crippen LogP contribution < -0.4 is 9.64 Å². The van der Waals surface area contributed by atoms with E-state index in [9.17, 15) is 22.7 Å². The monoisotopic (exact) mass is 606 g/mol. The van der Waals surface area contributed by atoms with E-state index in [4.69, 9.17) is 4.74 Å². The van der Waals surface area contributed by atoms with E-state index in [2.05, 4.69) is 18.7 Å². The van der Waals surface area contributed by atoms with E-state index >= 15 is 0 Å². The predicted octanol–water partition coefficient (Wildman–Crippen LogP) is 7.48. The molecular weight excluding hydrogens is 567 g/mol. The van der Waals surface area contributed by atoms with Crippen LogP contribution in [0.4, 0.5) is 15.8 Å². The number of benzene rings is 3. The van der Waals surface area contributed by atoms with E-state index in [-0.39, 0.29) is 28.4 Å². The average molecular weight is 607 g/mol. The minimum absolute atomic E-state index is 0.0728. The number of nitrogens with zero attached hydrogens (tertiary/aromatic N) is 2. The minimum atomic E-state index is -3.97. The molecule has 0 aromatic heterocycles. The molecule has 3 aromatic carbocycles. The predicted molar refractivity (Wildman–Crippen MR) is 165 cm³/mol. The summed E-state index contributed by atoms with van der Waals surface area (Å²) in [5, 5.41) is 9.64. The number of halogens is 1. The van der Waals surface area contributed by atoms with Crippen LogP contribution in [0.15, 0.2) is 65.6 Å². The fraction of sp³-hybridized carbons (Fsp3) is 0.441. The third kappa shape index (κ3) is 5.65. The average Bonchev–Trinajstić information content (AvgIpc) is 3.05. The second-order valence-electron chi connectivity index (χ2n) is 13.1. The van der Waals surface area contributed by atoms with Crippen LogP contribution in [-0.2, 0) is 10.0 Å². The lowest BCUT2D eigenvalue weighted by Crippen LogP contribution is -2.46. The van der Waals surface area contributed by atoms with Gasteiger partial charge in [0, 0.05) is 37.0 Å². The molecular formula is C34H39FN2O5S. The molecule has 0 spiro atoms. The third-order valence-corrected chi connectivity index (χ3v) is 11.4. The van der Waals surface area contributed by atoms with Gasteiger partial charge in [0.25, 0.3) is 0 Å². The third-order valence-electron chi connectivity index (χ3n) is 9.47. The Morgan fingerprint density at radius 2 is 1.70 bits per heavy atom. The molecule has 0 radical (unpaired) electrons. The maximum Gasteiger partial charge on any atom is 0.338 e. The first-order valence-corrected chi connectivity index (χ1v) is 16.6. The van der Waals surface area contributed by atoms with Crippen LogP contribution in [0.1, 0.15) is 69.2 Å². The molecule has 0 bridgehead atoms. The van der Waals surface area contributed by atoms with Gasteiger partial charge in [0.2, 0.25) is 10.0 Å². The number of fused-ring (bicyclic) bond motifs is 1. The Hall–Kier alpha value is -3.43. The number of aromatic carboxylic acids is 1. The van der Waals surface area contributed by atoms with Crippen molar-refractivity contribution in [3.05, 3.63) is 72.0 Å². The molecule has 3 aromatic rings. The largest absolute Gasteiger partial charge is 0.490 e. The zero-order valence-corrected chi connectivity index (χ0v) is 25.7. The lowest BCUT2D eigenvalue weighted by atomic mass is 9.70. The van der Waals surface area contributed by atoms with Gasteiger partial charge >= 0.3 is 5.97 Å². The van der Waals surface area contributed by atoms with Crippen molar-refractivity contribution in [2.75, 3.05) is 18.5 Å². The molecule has 1 aliphatic heterocycles. The van der Waals surface area contributed by atoms with Crippen molar-refractivity contribution in [3.8, 4) is 16.9 Å². The van der Waals surface area contributed by atoms with Crippen molar-refractivity contribution in [1.82, 2.24) is 4.31 Å².